The monoisotopic (exact) mass is 522 g/mol. The minimum Gasteiger partial charge on any atom is -0.463 e. The van der Waals surface area contributed by atoms with E-state index in [0.717, 1.165) is 32.5 Å². The fourth-order valence-corrected chi connectivity index (χ4v) is 4.57. The number of carbonyl (C=O) groups excluding carboxylic acids is 4. The number of thioether (sulfide) groups is 1. The van der Waals surface area contributed by atoms with Gasteiger partial charge in [0.15, 0.2) is 29.6 Å². The molecule has 0 aliphatic carbocycles. The van der Waals surface area contributed by atoms with Crippen molar-refractivity contribution in [3.8, 4) is 11.4 Å². The quantitative estimate of drug-likeness (QED) is 0.294. The second-order valence-electron chi connectivity index (χ2n) is 7.73. The lowest BCUT2D eigenvalue weighted by Crippen LogP contribution is -2.61. The standard InChI is InChI=1S/C22H26N4O9S/c1-11(27)31-10-16-17(32-12(2)28)18(33-13(3)29)19(34-14(4)30)21(35-16)36-22-25-24-20(26(22)23)15-8-6-5-7-9-15/h5-9,16-19,21H,10,23H2,1-4H3/t16?,17-,18+,19?,21+/m0/s1. The van der Waals surface area contributed by atoms with E-state index in [0.29, 0.717) is 11.4 Å². The summed E-state index contributed by atoms with van der Waals surface area (Å²) in [5, 5.41) is 8.41. The van der Waals surface area contributed by atoms with Crippen molar-refractivity contribution in [3.63, 3.8) is 0 Å². The maximum atomic E-state index is 12.0. The number of esters is 4. The molecule has 13 nitrogen and oxygen atoms in total. The third-order valence-corrected chi connectivity index (χ3v) is 5.97. The largest absolute Gasteiger partial charge is 0.463 e. The van der Waals surface area contributed by atoms with Gasteiger partial charge in [0.05, 0.1) is 0 Å². The van der Waals surface area contributed by atoms with Crippen molar-refractivity contribution in [1.82, 2.24) is 14.9 Å². The van der Waals surface area contributed by atoms with Gasteiger partial charge in [0, 0.05) is 33.3 Å². The molecule has 2 aromatic rings. The molecule has 194 valence electrons. The molecule has 0 saturated carbocycles. The summed E-state index contributed by atoms with van der Waals surface area (Å²) >= 11 is 0.939. The van der Waals surface area contributed by atoms with Gasteiger partial charge in [0.2, 0.25) is 5.16 Å². The summed E-state index contributed by atoms with van der Waals surface area (Å²) < 4.78 is 28.6. The number of carbonyl (C=O) groups is 4. The van der Waals surface area contributed by atoms with E-state index in [2.05, 4.69) is 10.2 Å². The molecule has 0 spiro atoms. The zero-order valence-electron chi connectivity index (χ0n) is 20.0. The fraction of sp³-hybridized carbons (Fsp3) is 0.455. The smallest absolute Gasteiger partial charge is 0.303 e. The molecule has 1 aliphatic rings. The van der Waals surface area contributed by atoms with Crippen LogP contribution in [0.15, 0.2) is 35.5 Å². The zero-order chi connectivity index (χ0) is 26.4. The molecule has 1 aromatic heterocycles. The summed E-state index contributed by atoms with van der Waals surface area (Å²) in [6.07, 6.45) is -4.85. The number of benzene rings is 1. The van der Waals surface area contributed by atoms with Crippen molar-refractivity contribution in [2.45, 2.75) is 62.7 Å². The van der Waals surface area contributed by atoms with E-state index in [1.165, 1.54) is 11.6 Å². The van der Waals surface area contributed by atoms with Crippen molar-refractivity contribution in [2.75, 3.05) is 12.4 Å². The highest BCUT2D eigenvalue weighted by atomic mass is 32.2. The van der Waals surface area contributed by atoms with Gasteiger partial charge in [-0.3, -0.25) is 19.2 Å². The van der Waals surface area contributed by atoms with E-state index < -0.39 is 53.7 Å². The van der Waals surface area contributed by atoms with E-state index in [1.54, 1.807) is 12.1 Å². The third kappa shape index (κ3) is 6.73. The Kier molecular flexibility index (Phi) is 8.88. The van der Waals surface area contributed by atoms with E-state index >= 15 is 0 Å². The van der Waals surface area contributed by atoms with Crippen LogP contribution in [0.1, 0.15) is 27.7 Å². The molecule has 5 atom stereocenters. The molecule has 1 aliphatic heterocycles. The normalized spacial score (nSPS) is 23.4. The minimum absolute atomic E-state index is 0.190. The highest BCUT2D eigenvalue weighted by molar-refractivity contribution is 7.99. The van der Waals surface area contributed by atoms with Gasteiger partial charge in [-0.05, 0) is 11.8 Å². The van der Waals surface area contributed by atoms with Crippen LogP contribution in [0.3, 0.4) is 0 Å². The lowest BCUT2D eigenvalue weighted by Gasteiger charge is -2.43. The van der Waals surface area contributed by atoms with Crippen LogP contribution in [0.4, 0.5) is 0 Å². The van der Waals surface area contributed by atoms with E-state index in [-0.39, 0.29) is 11.8 Å². The lowest BCUT2D eigenvalue weighted by molar-refractivity contribution is -0.237. The maximum absolute atomic E-state index is 12.0. The zero-order valence-corrected chi connectivity index (χ0v) is 20.8. The van der Waals surface area contributed by atoms with Crippen LogP contribution in [0.5, 0.6) is 0 Å². The summed E-state index contributed by atoms with van der Waals surface area (Å²) in [5.74, 6) is 3.84. The SMILES string of the molecule is CC(=O)OCC1O[C@H](Sc2nnc(-c3ccccc3)n2N)C(OC(C)=O)[C@H](OC(C)=O)[C@H]1OC(C)=O. The molecule has 2 unspecified atom stereocenters. The van der Waals surface area contributed by atoms with Gasteiger partial charge in [-0.2, -0.15) is 0 Å². The van der Waals surface area contributed by atoms with Crippen LogP contribution in [-0.2, 0) is 42.9 Å². The van der Waals surface area contributed by atoms with Crippen LogP contribution in [0.25, 0.3) is 11.4 Å². The molecular weight excluding hydrogens is 496 g/mol. The number of hydrogen-bond acceptors (Lipinski definition) is 13. The summed E-state index contributed by atoms with van der Waals surface area (Å²) in [7, 11) is 0. The second-order valence-corrected chi connectivity index (χ2v) is 8.79. The first-order valence-corrected chi connectivity index (χ1v) is 11.7. The topological polar surface area (TPSA) is 171 Å². The molecule has 3 rings (SSSR count). The van der Waals surface area contributed by atoms with E-state index in [9.17, 15) is 19.2 Å². The van der Waals surface area contributed by atoms with E-state index in [4.69, 9.17) is 29.5 Å². The number of nitrogens with zero attached hydrogens (tertiary/aromatic N) is 3. The Hall–Kier alpha value is -3.65. The lowest BCUT2D eigenvalue weighted by atomic mass is 9.99. The first-order valence-electron chi connectivity index (χ1n) is 10.8. The predicted octanol–water partition coefficient (Wildman–Crippen LogP) is 0.834. The average Bonchev–Trinajstić information content (AvgIpc) is 3.16. The van der Waals surface area contributed by atoms with Gasteiger partial charge < -0.3 is 29.5 Å². The van der Waals surface area contributed by atoms with Gasteiger partial charge in [0.1, 0.15) is 12.7 Å². The van der Waals surface area contributed by atoms with E-state index in [1.807, 2.05) is 18.2 Å². The molecule has 0 radical (unpaired) electrons. The Bertz CT molecular complexity index is 1110. The van der Waals surface area contributed by atoms with Crippen LogP contribution < -0.4 is 5.84 Å². The van der Waals surface area contributed by atoms with Crippen LogP contribution in [-0.4, -0.2) is 75.2 Å². The van der Waals surface area contributed by atoms with Gasteiger partial charge in [0.25, 0.3) is 0 Å². The van der Waals surface area contributed by atoms with Crippen LogP contribution in [0, 0.1) is 0 Å². The molecule has 0 bridgehead atoms. The molecule has 1 saturated heterocycles. The summed E-state index contributed by atoms with van der Waals surface area (Å²) in [6, 6.07) is 9.08. The molecule has 36 heavy (non-hydrogen) atoms. The first-order chi connectivity index (χ1) is 17.1. The number of hydrogen-bond donors (Lipinski definition) is 1. The number of rotatable bonds is 8. The Labute approximate surface area is 210 Å². The van der Waals surface area contributed by atoms with Crippen molar-refractivity contribution < 1.29 is 42.9 Å². The molecule has 1 aromatic carbocycles. The third-order valence-electron chi connectivity index (χ3n) is 4.87. The Morgan fingerprint density at radius 1 is 0.889 bits per heavy atom. The number of nitrogen functional groups attached to an aromatic ring is 1. The Morgan fingerprint density at radius 2 is 1.47 bits per heavy atom. The maximum Gasteiger partial charge on any atom is 0.303 e. The number of ether oxygens (including phenoxy) is 5. The second kappa shape index (κ2) is 11.9. The number of aromatic nitrogens is 3. The van der Waals surface area contributed by atoms with Crippen molar-refractivity contribution in [2.24, 2.45) is 0 Å². The van der Waals surface area contributed by atoms with Crippen molar-refractivity contribution in [1.29, 1.82) is 0 Å². The van der Waals surface area contributed by atoms with Crippen molar-refractivity contribution in [3.05, 3.63) is 30.3 Å². The predicted molar refractivity (Wildman–Crippen MR) is 123 cm³/mol. The molecule has 1 fully saturated rings. The first kappa shape index (κ1) is 26.9. The summed E-state index contributed by atoms with van der Waals surface area (Å²) in [5.41, 5.74) is -0.360. The van der Waals surface area contributed by atoms with Crippen LogP contribution >= 0.6 is 11.8 Å². The Balaban J connectivity index is 1.99. The highest BCUT2D eigenvalue weighted by Gasteiger charge is 2.52. The fourth-order valence-electron chi connectivity index (χ4n) is 3.53. The van der Waals surface area contributed by atoms with Gasteiger partial charge in [-0.25, -0.2) is 4.68 Å². The minimum atomic E-state index is -1.29. The van der Waals surface area contributed by atoms with Gasteiger partial charge in [-0.15, -0.1) is 10.2 Å². The average molecular weight is 523 g/mol. The highest BCUT2D eigenvalue weighted by Crippen LogP contribution is 2.37. The molecule has 14 heteroatoms. The summed E-state index contributed by atoms with van der Waals surface area (Å²) in [6.45, 7) is 4.33. The van der Waals surface area contributed by atoms with Gasteiger partial charge >= 0.3 is 23.9 Å². The van der Waals surface area contributed by atoms with Gasteiger partial charge in [-0.1, -0.05) is 30.3 Å². The molecule has 2 N–H and O–H groups in total. The molecule has 2 heterocycles. The number of nitrogens with two attached hydrogens (primary N) is 1. The molecular formula is C22H26N4O9S. The van der Waals surface area contributed by atoms with Crippen LogP contribution in [0.2, 0.25) is 0 Å². The molecule has 0 amide bonds. The summed E-state index contributed by atoms with van der Waals surface area (Å²) in [4.78, 5) is 47.2. The Morgan fingerprint density at radius 3 is 2.06 bits per heavy atom. The van der Waals surface area contributed by atoms with Crippen molar-refractivity contribution >= 4 is 35.6 Å².